The fourth-order valence-corrected chi connectivity index (χ4v) is 0.407. The molecule has 0 radical (unpaired) electrons. The average molecular weight is 118 g/mol. The fourth-order valence-electron chi connectivity index (χ4n) is 0.407. The molecule has 1 N–H and O–H groups in total. The number of rotatable bonds is 3. The van der Waals surface area contributed by atoms with Crippen LogP contribution in [0.2, 0.25) is 0 Å². The number of halogens is 1. The van der Waals surface area contributed by atoms with E-state index in [0.29, 0.717) is 6.42 Å². The number of hydrogen-bond donors (Lipinski definition) is 1. The highest BCUT2D eigenvalue weighted by Gasteiger charge is 1.84. The summed E-state index contributed by atoms with van der Waals surface area (Å²) in [5.41, 5.74) is 0.912. The fraction of sp³-hybridized carbons (Fsp3) is 0.667. The Hall–Kier alpha value is -0.370. The zero-order valence-electron chi connectivity index (χ0n) is 5.02. The van der Waals surface area contributed by atoms with E-state index in [-0.39, 0.29) is 13.3 Å². The predicted molar refractivity (Wildman–Crippen MR) is 31.4 cm³/mol. The molecule has 0 atom stereocenters. The van der Waals surface area contributed by atoms with Crippen molar-refractivity contribution < 1.29 is 9.50 Å². The molecule has 0 saturated heterocycles. The molecule has 0 aliphatic carbocycles. The first-order chi connectivity index (χ1) is 3.81. The molecule has 8 heavy (non-hydrogen) atoms. The Morgan fingerprint density at radius 2 is 2.38 bits per heavy atom. The molecule has 0 saturated carbocycles. The van der Waals surface area contributed by atoms with Gasteiger partial charge in [-0.2, -0.15) is 0 Å². The lowest BCUT2D eigenvalue weighted by Gasteiger charge is -1.91. The second-order valence-electron chi connectivity index (χ2n) is 1.67. The first kappa shape index (κ1) is 7.63. The summed E-state index contributed by atoms with van der Waals surface area (Å²) >= 11 is 0. The summed E-state index contributed by atoms with van der Waals surface area (Å²) in [6.07, 6.45) is 2.06. The predicted octanol–water partition coefficient (Wildman–Crippen LogP) is 1.28. The molecule has 0 aromatic heterocycles. The van der Waals surface area contributed by atoms with Gasteiger partial charge in [-0.05, 0) is 13.3 Å². The van der Waals surface area contributed by atoms with Gasteiger partial charge in [0.1, 0.15) is 0 Å². The molecule has 0 amide bonds. The van der Waals surface area contributed by atoms with Crippen LogP contribution in [0.1, 0.15) is 13.3 Å². The zero-order chi connectivity index (χ0) is 6.41. The molecule has 0 bridgehead atoms. The van der Waals surface area contributed by atoms with Crippen molar-refractivity contribution in [2.45, 2.75) is 13.3 Å². The number of hydrogen-bond acceptors (Lipinski definition) is 1. The smallest absolute Gasteiger partial charge is 0.0931 e. The SMILES string of the molecule is CC(=CCO)CCF. The van der Waals surface area contributed by atoms with Crippen LogP contribution in [-0.2, 0) is 0 Å². The van der Waals surface area contributed by atoms with Gasteiger partial charge in [-0.15, -0.1) is 0 Å². The molecular formula is C6H11FO. The maximum Gasteiger partial charge on any atom is 0.0931 e. The lowest BCUT2D eigenvalue weighted by atomic mass is 10.2. The van der Waals surface area contributed by atoms with E-state index in [1.54, 1.807) is 13.0 Å². The van der Waals surface area contributed by atoms with Gasteiger partial charge in [0.05, 0.1) is 13.3 Å². The quantitative estimate of drug-likeness (QED) is 0.553. The molecule has 1 nitrogen and oxygen atoms in total. The molecule has 0 fully saturated rings. The minimum Gasteiger partial charge on any atom is -0.392 e. The highest BCUT2D eigenvalue weighted by Crippen LogP contribution is 1.97. The van der Waals surface area contributed by atoms with Crippen molar-refractivity contribution in [3.8, 4) is 0 Å². The van der Waals surface area contributed by atoms with Crippen LogP contribution in [0, 0.1) is 0 Å². The Kier molecular flexibility index (Phi) is 4.56. The van der Waals surface area contributed by atoms with Gasteiger partial charge in [0.2, 0.25) is 0 Å². The van der Waals surface area contributed by atoms with Crippen molar-refractivity contribution >= 4 is 0 Å². The summed E-state index contributed by atoms with van der Waals surface area (Å²) in [5.74, 6) is 0. The van der Waals surface area contributed by atoms with Crippen LogP contribution in [0.4, 0.5) is 4.39 Å². The lowest BCUT2D eigenvalue weighted by molar-refractivity contribution is 0.341. The standard InChI is InChI=1S/C6H11FO/c1-6(2-4-7)3-5-8/h3,8H,2,4-5H2,1H3. The second-order valence-corrected chi connectivity index (χ2v) is 1.67. The Balaban J connectivity index is 3.29. The van der Waals surface area contributed by atoms with Gasteiger partial charge in [-0.3, -0.25) is 4.39 Å². The van der Waals surface area contributed by atoms with Crippen LogP contribution >= 0.6 is 0 Å². The van der Waals surface area contributed by atoms with Crippen molar-refractivity contribution in [3.05, 3.63) is 11.6 Å². The third-order valence-electron chi connectivity index (χ3n) is 0.929. The Morgan fingerprint density at radius 3 is 2.75 bits per heavy atom. The summed E-state index contributed by atoms with van der Waals surface area (Å²) in [6, 6.07) is 0. The van der Waals surface area contributed by atoms with Gasteiger partial charge < -0.3 is 5.11 Å². The normalized spacial score (nSPS) is 12.1. The summed E-state index contributed by atoms with van der Waals surface area (Å²) in [5, 5.41) is 8.26. The Bertz CT molecular complexity index is 78.6. The molecule has 2 heteroatoms. The molecule has 0 rings (SSSR count). The van der Waals surface area contributed by atoms with Crippen molar-refractivity contribution in [2.24, 2.45) is 0 Å². The topological polar surface area (TPSA) is 20.2 Å². The molecule has 0 aromatic carbocycles. The molecule has 0 aliphatic heterocycles. The molecule has 0 heterocycles. The molecule has 0 aliphatic rings. The highest BCUT2D eigenvalue weighted by atomic mass is 19.1. The molecule has 48 valence electrons. The monoisotopic (exact) mass is 118 g/mol. The second kappa shape index (κ2) is 4.78. The van der Waals surface area contributed by atoms with E-state index in [0.717, 1.165) is 5.57 Å². The summed E-state index contributed by atoms with van der Waals surface area (Å²) in [6.45, 7) is 1.49. The van der Waals surface area contributed by atoms with Crippen LogP contribution < -0.4 is 0 Å². The molecular weight excluding hydrogens is 107 g/mol. The maximum atomic E-state index is 11.4. The molecule has 0 spiro atoms. The number of aliphatic hydroxyl groups is 1. The minimum absolute atomic E-state index is 0.0197. The van der Waals surface area contributed by atoms with Crippen molar-refractivity contribution in [1.29, 1.82) is 0 Å². The van der Waals surface area contributed by atoms with E-state index in [1.165, 1.54) is 0 Å². The van der Waals surface area contributed by atoms with Gasteiger partial charge >= 0.3 is 0 Å². The van der Waals surface area contributed by atoms with Crippen LogP contribution in [0.15, 0.2) is 11.6 Å². The van der Waals surface area contributed by atoms with Crippen LogP contribution in [-0.4, -0.2) is 18.4 Å². The summed E-state index contributed by atoms with van der Waals surface area (Å²) < 4.78 is 11.4. The van der Waals surface area contributed by atoms with Gasteiger partial charge in [0, 0.05) is 0 Å². The van der Waals surface area contributed by atoms with Gasteiger partial charge in [-0.1, -0.05) is 11.6 Å². The van der Waals surface area contributed by atoms with Crippen LogP contribution in [0.5, 0.6) is 0 Å². The van der Waals surface area contributed by atoms with Crippen LogP contribution in [0.25, 0.3) is 0 Å². The third kappa shape index (κ3) is 3.81. The Morgan fingerprint density at radius 1 is 1.75 bits per heavy atom. The van der Waals surface area contributed by atoms with E-state index in [9.17, 15) is 4.39 Å². The van der Waals surface area contributed by atoms with Crippen LogP contribution in [0.3, 0.4) is 0 Å². The summed E-state index contributed by atoms with van der Waals surface area (Å²) in [7, 11) is 0. The maximum absolute atomic E-state index is 11.4. The molecule has 0 unspecified atom stereocenters. The van der Waals surface area contributed by atoms with Crippen molar-refractivity contribution in [2.75, 3.05) is 13.3 Å². The van der Waals surface area contributed by atoms with E-state index in [2.05, 4.69) is 0 Å². The average Bonchev–Trinajstić information content (AvgIpc) is 1.68. The Labute approximate surface area is 48.8 Å². The third-order valence-corrected chi connectivity index (χ3v) is 0.929. The first-order valence-corrected chi connectivity index (χ1v) is 2.63. The number of alkyl halides is 1. The van der Waals surface area contributed by atoms with E-state index in [1.807, 2.05) is 0 Å². The van der Waals surface area contributed by atoms with E-state index >= 15 is 0 Å². The summed E-state index contributed by atoms with van der Waals surface area (Å²) in [4.78, 5) is 0. The van der Waals surface area contributed by atoms with E-state index < -0.39 is 0 Å². The largest absolute Gasteiger partial charge is 0.392 e. The van der Waals surface area contributed by atoms with Gasteiger partial charge in [-0.25, -0.2) is 0 Å². The van der Waals surface area contributed by atoms with Gasteiger partial charge in [0.25, 0.3) is 0 Å². The lowest BCUT2D eigenvalue weighted by Crippen LogP contribution is -1.81. The van der Waals surface area contributed by atoms with E-state index in [4.69, 9.17) is 5.11 Å². The first-order valence-electron chi connectivity index (χ1n) is 2.63. The minimum atomic E-state index is -0.331. The van der Waals surface area contributed by atoms with Crippen molar-refractivity contribution in [3.63, 3.8) is 0 Å². The zero-order valence-corrected chi connectivity index (χ0v) is 5.02. The molecule has 0 aromatic rings. The number of allylic oxidation sites excluding steroid dienone is 1. The highest BCUT2D eigenvalue weighted by molar-refractivity contribution is 4.97. The van der Waals surface area contributed by atoms with Gasteiger partial charge in [0.15, 0.2) is 0 Å². The van der Waals surface area contributed by atoms with Crippen molar-refractivity contribution in [1.82, 2.24) is 0 Å². The number of aliphatic hydroxyl groups excluding tert-OH is 1.